The molecule has 1 aromatic rings. The standard InChI is InChI=1S/C17H28N6OS/c1-11(2)12-9-20-14(25-5)8-13(12)24-17(6-7-23(3)4)10-21-16(19)22-15(17)18/h8-11,16H,6-7,19H2,1-5H3,(H2,18,22). The van der Waals surface area contributed by atoms with E-state index in [9.17, 15) is 0 Å². The molecule has 0 spiro atoms. The Hall–Kier alpha value is -1.64. The van der Waals surface area contributed by atoms with Crippen molar-refractivity contribution in [1.82, 2.24) is 9.88 Å². The molecule has 0 saturated carbocycles. The van der Waals surface area contributed by atoms with Crippen molar-refractivity contribution in [1.29, 1.82) is 0 Å². The van der Waals surface area contributed by atoms with E-state index in [1.165, 1.54) is 0 Å². The van der Waals surface area contributed by atoms with E-state index in [0.29, 0.717) is 12.3 Å². The second kappa shape index (κ2) is 8.16. The normalized spacial score (nSPS) is 23.2. The molecule has 0 aliphatic carbocycles. The van der Waals surface area contributed by atoms with Gasteiger partial charge in [-0.05, 0) is 26.3 Å². The van der Waals surface area contributed by atoms with Crippen molar-refractivity contribution in [3.05, 3.63) is 17.8 Å². The van der Waals surface area contributed by atoms with Gasteiger partial charge >= 0.3 is 0 Å². The molecule has 1 aliphatic rings. The lowest BCUT2D eigenvalue weighted by atomic mass is 9.97. The van der Waals surface area contributed by atoms with Gasteiger partial charge in [-0.3, -0.25) is 10.7 Å². The maximum atomic E-state index is 6.45. The third-order valence-corrected chi connectivity index (χ3v) is 4.71. The van der Waals surface area contributed by atoms with Gasteiger partial charge < -0.3 is 15.4 Å². The van der Waals surface area contributed by atoms with Crippen LogP contribution in [-0.2, 0) is 0 Å². The molecule has 7 nitrogen and oxygen atoms in total. The lowest BCUT2D eigenvalue weighted by Gasteiger charge is -2.35. The molecular weight excluding hydrogens is 336 g/mol. The summed E-state index contributed by atoms with van der Waals surface area (Å²) in [6.45, 7) is 4.99. The number of pyridine rings is 1. The zero-order valence-corrected chi connectivity index (χ0v) is 16.4. The van der Waals surface area contributed by atoms with Crippen LogP contribution in [0, 0.1) is 0 Å². The van der Waals surface area contributed by atoms with Crippen molar-refractivity contribution in [2.45, 2.75) is 43.1 Å². The minimum atomic E-state index is -0.902. The van der Waals surface area contributed by atoms with Crippen LogP contribution in [0.4, 0.5) is 0 Å². The van der Waals surface area contributed by atoms with Crippen LogP contribution in [0.5, 0.6) is 5.75 Å². The van der Waals surface area contributed by atoms with Crippen LogP contribution >= 0.6 is 11.8 Å². The first-order chi connectivity index (χ1) is 11.8. The van der Waals surface area contributed by atoms with Crippen LogP contribution in [0.15, 0.2) is 27.3 Å². The molecule has 2 unspecified atom stereocenters. The van der Waals surface area contributed by atoms with E-state index in [1.54, 1.807) is 18.0 Å². The first kappa shape index (κ1) is 19.7. The summed E-state index contributed by atoms with van der Waals surface area (Å²) in [6.07, 6.45) is 5.51. The van der Waals surface area contributed by atoms with Crippen molar-refractivity contribution in [2.24, 2.45) is 21.5 Å². The molecule has 138 valence electrons. The van der Waals surface area contributed by atoms with Gasteiger partial charge in [-0.15, -0.1) is 11.8 Å². The number of nitrogens with zero attached hydrogens (tertiary/aromatic N) is 4. The highest BCUT2D eigenvalue weighted by Crippen LogP contribution is 2.33. The number of hydrogen-bond donors (Lipinski definition) is 2. The lowest BCUT2D eigenvalue weighted by molar-refractivity contribution is 0.181. The van der Waals surface area contributed by atoms with Gasteiger partial charge in [0.25, 0.3) is 0 Å². The third kappa shape index (κ3) is 4.71. The number of aliphatic imine (C=N–C) groups is 2. The maximum absolute atomic E-state index is 6.45. The highest BCUT2D eigenvalue weighted by atomic mass is 32.2. The number of amidine groups is 1. The number of ether oxygens (including phenoxy) is 1. The van der Waals surface area contributed by atoms with Gasteiger partial charge in [0.05, 0.1) is 11.2 Å². The van der Waals surface area contributed by atoms with E-state index in [-0.39, 0.29) is 5.92 Å². The summed E-state index contributed by atoms with van der Waals surface area (Å²) in [4.78, 5) is 15.0. The van der Waals surface area contributed by atoms with Gasteiger partial charge in [-0.1, -0.05) is 13.8 Å². The molecule has 0 saturated heterocycles. The summed E-state index contributed by atoms with van der Waals surface area (Å²) in [5.41, 5.74) is 12.1. The van der Waals surface area contributed by atoms with Gasteiger partial charge in [0.2, 0.25) is 5.60 Å². The largest absolute Gasteiger partial charge is 0.473 e. The average Bonchev–Trinajstić information content (AvgIpc) is 2.56. The Bertz CT molecular complexity index is 661. The fourth-order valence-corrected chi connectivity index (χ4v) is 2.90. The predicted molar refractivity (Wildman–Crippen MR) is 105 cm³/mol. The molecular formula is C17H28N6OS. The number of thioether (sulfide) groups is 1. The molecule has 0 bridgehead atoms. The zero-order valence-electron chi connectivity index (χ0n) is 15.6. The Morgan fingerprint density at radius 1 is 1.40 bits per heavy atom. The van der Waals surface area contributed by atoms with E-state index < -0.39 is 11.9 Å². The fourth-order valence-electron chi connectivity index (χ4n) is 2.52. The number of nitrogens with two attached hydrogens (primary N) is 2. The van der Waals surface area contributed by atoms with E-state index in [0.717, 1.165) is 22.9 Å². The highest BCUT2D eigenvalue weighted by Gasteiger charge is 2.39. The molecule has 1 aliphatic heterocycles. The smallest absolute Gasteiger partial charge is 0.201 e. The van der Waals surface area contributed by atoms with E-state index in [2.05, 4.69) is 33.7 Å². The molecule has 1 aromatic heterocycles. The molecule has 2 rings (SSSR count). The quantitative estimate of drug-likeness (QED) is 0.714. The Kier molecular flexibility index (Phi) is 6.42. The second-order valence-electron chi connectivity index (χ2n) is 6.67. The third-order valence-electron chi connectivity index (χ3n) is 4.06. The van der Waals surface area contributed by atoms with Crippen LogP contribution in [0.2, 0.25) is 0 Å². The second-order valence-corrected chi connectivity index (χ2v) is 7.50. The lowest BCUT2D eigenvalue weighted by Crippen LogP contribution is -2.55. The summed E-state index contributed by atoms with van der Waals surface area (Å²) in [7, 11) is 4.01. The van der Waals surface area contributed by atoms with Crippen molar-refractivity contribution in [3.8, 4) is 5.75 Å². The molecule has 2 heterocycles. The van der Waals surface area contributed by atoms with Gasteiger partial charge in [-0.25, -0.2) is 9.98 Å². The summed E-state index contributed by atoms with van der Waals surface area (Å²) in [5.74, 6) is 1.38. The Balaban J connectivity index is 2.44. The van der Waals surface area contributed by atoms with Crippen molar-refractivity contribution in [3.63, 3.8) is 0 Å². The van der Waals surface area contributed by atoms with E-state index >= 15 is 0 Å². The van der Waals surface area contributed by atoms with Crippen LogP contribution in [0.1, 0.15) is 31.7 Å². The minimum absolute atomic E-state index is 0.269. The summed E-state index contributed by atoms with van der Waals surface area (Å²) in [5, 5.41) is 0.891. The molecule has 4 N–H and O–H groups in total. The van der Waals surface area contributed by atoms with Crippen molar-refractivity contribution >= 4 is 23.8 Å². The molecule has 0 amide bonds. The van der Waals surface area contributed by atoms with Crippen LogP contribution in [-0.4, -0.2) is 60.7 Å². The molecule has 2 atom stereocenters. The summed E-state index contributed by atoms with van der Waals surface area (Å²) >= 11 is 1.57. The average molecular weight is 365 g/mol. The van der Waals surface area contributed by atoms with Gasteiger partial charge in [-0.2, -0.15) is 0 Å². The topological polar surface area (TPSA) is 102 Å². The van der Waals surface area contributed by atoms with Gasteiger partial charge in [0.15, 0.2) is 6.29 Å². The van der Waals surface area contributed by atoms with Gasteiger partial charge in [0.1, 0.15) is 11.6 Å². The summed E-state index contributed by atoms with van der Waals surface area (Å²) < 4.78 is 6.45. The molecule has 0 aromatic carbocycles. The van der Waals surface area contributed by atoms with Gasteiger partial charge in [0, 0.05) is 30.8 Å². The monoisotopic (exact) mass is 364 g/mol. The Morgan fingerprint density at radius 3 is 2.68 bits per heavy atom. The first-order valence-corrected chi connectivity index (χ1v) is 9.51. The van der Waals surface area contributed by atoms with Crippen molar-refractivity contribution < 1.29 is 4.74 Å². The maximum Gasteiger partial charge on any atom is 0.201 e. The minimum Gasteiger partial charge on any atom is -0.473 e. The van der Waals surface area contributed by atoms with Crippen LogP contribution < -0.4 is 16.2 Å². The molecule has 25 heavy (non-hydrogen) atoms. The Morgan fingerprint density at radius 2 is 2.12 bits per heavy atom. The van der Waals surface area contributed by atoms with Crippen LogP contribution in [0.3, 0.4) is 0 Å². The summed E-state index contributed by atoms with van der Waals surface area (Å²) in [6, 6.07) is 1.95. The zero-order chi connectivity index (χ0) is 18.6. The number of hydrogen-bond acceptors (Lipinski definition) is 8. The highest BCUT2D eigenvalue weighted by molar-refractivity contribution is 7.98. The number of rotatable bonds is 7. The molecule has 0 radical (unpaired) electrons. The molecule has 8 heteroatoms. The van der Waals surface area contributed by atoms with Crippen molar-refractivity contribution in [2.75, 3.05) is 26.9 Å². The number of aromatic nitrogens is 1. The van der Waals surface area contributed by atoms with E-state index in [4.69, 9.17) is 16.2 Å². The van der Waals surface area contributed by atoms with E-state index in [1.807, 2.05) is 32.6 Å². The van der Waals surface area contributed by atoms with Crippen LogP contribution in [0.25, 0.3) is 0 Å². The first-order valence-electron chi connectivity index (χ1n) is 8.28. The molecule has 0 fully saturated rings. The SMILES string of the molecule is CSc1cc(OC2(CCN(C)C)C=NC(N)N=C2N)c(C(C)C)cn1. The fraction of sp³-hybridized carbons (Fsp3) is 0.588. The Labute approximate surface area is 153 Å². The predicted octanol–water partition coefficient (Wildman–Crippen LogP) is 1.68.